The minimum atomic E-state index is -0.383. The molecule has 4 N–H and O–H groups in total. The van der Waals surface area contributed by atoms with Gasteiger partial charge in [0.2, 0.25) is 0 Å². The molecule has 0 bridgehead atoms. The molecule has 2 aliphatic rings. The lowest BCUT2D eigenvalue weighted by atomic mass is 9.89. The molecule has 2 aliphatic carbocycles. The largest absolute Gasteiger partial charge is 0.387 e. The van der Waals surface area contributed by atoms with Crippen LogP contribution in [-0.4, -0.2) is 35.4 Å². The predicted molar refractivity (Wildman–Crippen MR) is 152 cm³/mol. The summed E-state index contributed by atoms with van der Waals surface area (Å²) in [6.07, 6.45) is 11.4. The monoisotopic (exact) mass is 494 g/mol. The molecule has 0 saturated heterocycles. The molecule has 0 fully saturated rings. The number of rotatable bonds is 10. The van der Waals surface area contributed by atoms with Crippen LogP contribution in [0.4, 0.5) is 0 Å². The Morgan fingerprint density at radius 1 is 0.611 bits per heavy atom. The van der Waals surface area contributed by atoms with Crippen LogP contribution in [0.2, 0.25) is 0 Å². The van der Waals surface area contributed by atoms with E-state index in [1.807, 2.05) is 0 Å². The van der Waals surface area contributed by atoms with Crippen molar-refractivity contribution in [2.24, 2.45) is 0 Å². The van der Waals surface area contributed by atoms with E-state index >= 15 is 0 Å². The maximum Gasteiger partial charge on any atom is 0.0914 e. The fraction of sp³-hybridized carbons (Fsp3) is 0.625. The van der Waals surface area contributed by atoms with Gasteiger partial charge < -0.3 is 20.8 Å². The van der Waals surface area contributed by atoms with Gasteiger partial charge in [0.1, 0.15) is 0 Å². The summed E-state index contributed by atoms with van der Waals surface area (Å²) in [5.74, 6) is 0. The fourth-order valence-corrected chi connectivity index (χ4v) is 5.07. The van der Waals surface area contributed by atoms with E-state index in [0.29, 0.717) is 25.2 Å². The van der Waals surface area contributed by atoms with Crippen LogP contribution in [0, 0.1) is 0 Å². The molecule has 4 nitrogen and oxygen atoms in total. The third-order valence-electron chi connectivity index (χ3n) is 8.06. The number of hydrogen-bond acceptors (Lipinski definition) is 4. The van der Waals surface area contributed by atoms with Gasteiger partial charge in [-0.2, -0.15) is 0 Å². The molecule has 0 amide bonds. The lowest BCUT2D eigenvalue weighted by molar-refractivity contribution is 0.170. The number of fused-ring (bicyclic) bond motifs is 2. The van der Waals surface area contributed by atoms with Crippen molar-refractivity contribution in [3.63, 3.8) is 0 Å². The number of nitrogens with one attached hydrogen (secondary N) is 2. The number of aliphatic hydroxyl groups is 2. The van der Waals surface area contributed by atoms with Gasteiger partial charge >= 0.3 is 0 Å². The molecule has 2 aromatic rings. The van der Waals surface area contributed by atoms with Crippen molar-refractivity contribution in [3.8, 4) is 0 Å². The first-order valence-electron chi connectivity index (χ1n) is 14.5. The van der Waals surface area contributed by atoms with E-state index in [0.717, 1.165) is 24.0 Å². The average Bonchev–Trinajstić information content (AvgIpc) is 2.93. The maximum absolute atomic E-state index is 10.2. The van der Waals surface area contributed by atoms with E-state index in [1.54, 1.807) is 0 Å². The quantitative estimate of drug-likeness (QED) is 0.328. The van der Waals surface area contributed by atoms with Crippen molar-refractivity contribution >= 4 is 0 Å². The normalized spacial score (nSPS) is 18.2. The van der Waals surface area contributed by atoms with Gasteiger partial charge in [-0.15, -0.1) is 0 Å². The fourth-order valence-electron chi connectivity index (χ4n) is 5.07. The third kappa shape index (κ3) is 8.69. The van der Waals surface area contributed by atoms with E-state index in [9.17, 15) is 10.2 Å². The van der Waals surface area contributed by atoms with Crippen LogP contribution in [-0.2, 0) is 25.7 Å². The third-order valence-corrected chi connectivity index (χ3v) is 8.06. The van der Waals surface area contributed by atoms with Crippen LogP contribution in [0.5, 0.6) is 0 Å². The Morgan fingerprint density at radius 2 is 0.972 bits per heavy atom. The predicted octanol–water partition coefficient (Wildman–Crippen LogP) is 5.97. The van der Waals surface area contributed by atoms with Crippen molar-refractivity contribution < 1.29 is 10.2 Å². The molecule has 0 radical (unpaired) electrons. The highest BCUT2D eigenvalue weighted by Crippen LogP contribution is 2.26. The Balaban J connectivity index is 0.000000201. The molecular formula is C32H50N2O2. The zero-order chi connectivity index (χ0) is 25.9. The molecule has 4 unspecified atom stereocenters. The first-order chi connectivity index (χ1) is 17.4. The minimum Gasteiger partial charge on any atom is -0.387 e. The zero-order valence-corrected chi connectivity index (χ0v) is 23.2. The van der Waals surface area contributed by atoms with Crippen LogP contribution in [0.1, 0.15) is 112 Å². The van der Waals surface area contributed by atoms with Gasteiger partial charge in [-0.1, -0.05) is 50.2 Å². The molecule has 4 heteroatoms. The minimum absolute atomic E-state index is 0.383. The second-order valence-corrected chi connectivity index (χ2v) is 10.9. The van der Waals surface area contributed by atoms with Gasteiger partial charge in [0.05, 0.1) is 12.2 Å². The molecule has 0 saturated carbocycles. The Morgan fingerprint density at radius 3 is 1.33 bits per heavy atom. The van der Waals surface area contributed by atoms with Crippen molar-refractivity contribution in [2.45, 2.75) is 116 Å². The summed E-state index contributed by atoms with van der Waals surface area (Å²) in [6.45, 7) is 9.91. The van der Waals surface area contributed by atoms with Crippen LogP contribution in [0.3, 0.4) is 0 Å². The Labute approximate surface area is 219 Å². The van der Waals surface area contributed by atoms with Crippen molar-refractivity contribution in [1.29, 1.82) is 0 Å². The molecule has 4 rings (SSSR count). The smallest absolute Gasteiger partial charge is 0.0914 e. The van der Waals surface area contributed by atoms with Crippen molar-refractivity contribution in [1.82, 2.24) is 10.6 Å². The van der Waals surface area contributed by atoms with Crippen LogP contribution in [0.25, 0.3) is 0 Å². The summed E-state index contributed by atoms with van der Waals surface area (Å²) in [4.78, 5) is 0. The lowest BCUT2D eigenvalue weighted by Gasteiger charge is -2.20. The average molecular weight is 495 g/mol. The summed E-state index contributed by atoms with van der Waals surface area (Å²) in [5, 5.41) is 27.1. The molecule has 0 aliphatic heterocycles. The zero-order valence-electron chi connectivity index (χ0n) is 23.2. The van der Waals surface area contributed by atoms with Crippen molar-refractivity contribution in [2.75, 3.05) is 13.1 Å². The summed E-state index contributed by atoms with van der Waals surface area (Å²) in [7, 11) is 0. The Hall–Kier alpha value is -1.72. The van der Waals surface area contributed by atoms with Gasteiger partial charge in [0.15, 0.2) is 0 Å². The van der Waals surface area contributed by atoms with E-state index < -0.39 is 0 Å². The lowest BCUT2D eigenvalue weighted by Crippen LogP contribution is -2.29. The first kappa shape index (κ1) is 28.8. The topological polar surface area (TPSA) is 64.5 Å². The van der Waals surface area contributed by atoms with Gasteiger partial charge in [-0.25, -0.2) is 0 Å². The number of hydrogen-bond donors (Lipinski definition) is 4. The van der Waals surface area contributed by atoms with Crippen LogP contribution >= 0.6 is 0 Å². The van der Waals surface area contributed by atoms with E-state index in [1.165, 1.54) is 73.6 Å². The summed E-state index contributed by atoms with van der Waals surface area (Å²) in [5.41, 5.74) is 7.97. The second-order valence-electron chi connectivity index (χ2n) is 10.9. The number of aliphatic hydroxyl groups excluding tert-OH is 2. The molecule has 4 atom stereocenters. The second kappa shape index (κ2) is 14.9. The van der Waals surface area contributed by atoms with Gasteiger partial charge in [-0.05, 0) is 111 Å². The molecule has 2 aromatic carbocycles. The van der Waals surface area contributed by atoms with Gasteiger partial charge in [0, 0.05) is 25.2 Å². The molecule has 0 spiro atoms. The van der Waals surface area contributed by atoms with Gasteiger partial charge in [-0.3, -0.25) is 0 Å². The number of aryl methyl sites for hydroxylation is 4. The van der Waals surface area contributed by atoms with Crippen LogP contribution < -0.4 is 10.6 Å². The van der Waals surface area contributed by atoms with E-state index in [2.05, 4.69) is 74.7 Å². The highest BCUT2D eigenvalue weighted by molar-refractivity contribution is 5.35. The highest BCUT2D eigenvalue weighted by atomic mass is 16.3. The summed E-state index contributed by atoms with van der Waals surface area (Å²) < 4.78 is 0. The molecule has 36 heavy (non-hydrogen) atoms. The van der Waals surface area contributed by atoms with Crippen LogP contribution in [0.15, 0.2) is 36.4 Å². The Bertz CT molecular complexity index is 853. The highest BCUT2D eigenvalue weighted by Gasteiger charge is 2.15. The van der Waals surface area contributed by atoms with E-state index in [4.69, 9.17) is 0 Å². The molecule has 200 valence electrons. The summed E-state index contributed by atoms with van der Waals surface area (Å²) >= 11 is 0. The maximum atomic E-state index is 10.2. The summed E-state index contributed by atoms with van der Waals surface area (Å²) in [6, 6.07) is 13.9. The van der Waals surface area contributed by atoms with Gasteiger partial charge in [0.25, 0.3) is 0 Å². The number of benzene rings is 2. The SMILES string of the molecule is CCC(C)NCC(O)c1ccc2c(c1)CCCC2.CCC(C)NCC(O)c1ccc2c(c1)CCCC2. The Kier molecular flexibility index (Phi) is 11.9. The molecule has 0 aromatic heterocycles. The molecular weight excluding hydrogens is 444 g/mol. The van der Waals surface area contributed by atoms with Crippen molar-refractivity contribution in [3.05, 3.63) is 69.8 Å². The molecule has 0 heterocycles. The van der Waals surface area contributed by atoms with E-state index in [-0.39, 0.29) is 12.2 Å². The first-order valence-corrected chi connectivity index (χ1v) is 14.5. The standard InChI is InChI=1S/2C16H25NO/c2*1-3-12(2)17-11-16(18)15-9-8-13-6-4-5-7-14(13)10-15/h2*8-10,12,16-18H,3-7,11H2,1-2H3.